The number of aromatic nitrogens is 2. The van der Waals surface area contributed by atoms with Crippen LogP contribution in [-0.4, -0.2) is 9.38 Å². The highest BCUT2D eigenvalue weighted by Gasteiger charge is 2.09. The fourth-order valence-electron chi connectivity index (χ4n) is 1.81. The summed E-state index contributed by atoms with van der Waals surface area (Å²) in [5, 5.41) is 0. The van der Waals surface area contributed by atoms with Crippen molar-refractivity contribution in [1.82, 2.24) is 9.38 Å². The van der Waals surface area contributed by atoms with Gasteiger partial charge in [-0.15, -0.1) is 0 Å². The number of nitrogens with two attached hydrogens (primary N) is 1. The first-order valence-electron chi connectivity index (χ1n) is 5.82. The zero-order valence-corrected chi connectivity index (χ0v) is 10.3. The van der Waals surface area contributed by atoms with Crippen LogP contribution in [-0.2, 0) is 0 Å². The number of imidazole rings is 1. The number of halogens is 2. The number of nitrogens with zero attached hydrogens (tertiary/aromatic N) is 2. The molecule has 3 nitrogen and oxygen atoms in total. The van der Waals surface area contributed by atoms with Crippen molar-refractivity contribution in [2.45, 2.75) is 0 Å². The van der Waals surface area contributed by atoms with Gasteiger partial charge in [0.05, 0.1) is 29.3 Å². The maximum absolute atomic E-state index is 13.7. The second kappa shape index (κ2) is 4.67. The standard InChI is InChI=1S/C15H9F2N3/c16-13-3-4-14(18)15(17)12(13)2-1-10-5-6-20-9-19-8-11(20)7-10/h3-9H,18H2. The average Bonchev–Trinajstić information content (AvgIpc) is 2.90. The van der Waals surface area contributed by atoms with E-state index >= 15 is 0 Å². The van der Waals surface area contributed by atoms with Gasteiger partial charge in [0.25, 0.3) is 0 Å². The predicted molar refractivity (Wildman–Crippen MR) is 71.9 cm³/mol. The molecule has 20 heavy (non-hydrogen) atoms. The van der Waals surface area contributed by atoms with E-state index in [0.29, 0.717) is 5.56 Å². The Hall–Kier alpha value is -2.87. The number of fused-ring (bicyclic) bond motifs is 1. The molecule has 0 amide bonds. The fraction of sp³-hybridized carbons (Fsp3) is 0. The van der Waals surface area contributed by atoms with E-state index in [1.807, 2.05) is 4.40 Å². The summed E-state index contributed by atoms with van der Waals surface area (Å²) in [7, 11) is 0. The van der Waals surface area contributed by atoms with Crippen LogP contribution in [0.2, 0.25) is 0 Å². The lowest BCUT2D eigenvalue weighted by molar-refractivity contribution is 0.580. The van der Waals surface area contributed by atoms with E-state index in [9.17, 15) is 8.78 Å². The topological polar surface area (TPSA) is 43.3 Å². The molecule has 0 saturated carbocycles. The minimum Gasteiger partial charge on any atom is -0.396 e. The quantitative estimate of drug-likeness (QED) is 0.503. The molecule has 2 heterocycles. The molecule has 0 aliphatic rings. The van der Waals surface area contributed by atoms with Gasteiger partial charge in [0.1, 0.15) is 5.82 Å². The summed E-state index contributed by atoms with van der Waals surface area (Å²) in [6.45, 7) is 0. The molecule has 0 unspecified atom stereocenters. The first-order valence-corrected chi connectivity index (χ1v) is 5.82. The van der Waals surface area contributed by atoms with Crippen LogP contribution in [0, 0.1) is 23.5 Å². The van der Waals surface area contributed by atoms with Crippen LogP contribution < -0.4 is 5.73 Å². The summed E-state index contributed by atoms with van der Waals surface area (Å²) >= 11 is 0. The molecule has 0 bridgehead atoms. The van der Waals surface area contributed by atoms with E-state index in [-0.39, 0.29) is 11.3 Å². The number of rotatable bonds is 0. The second-order valence-corrected chi connectivity index (χ2v) is 4.22. The Bertz CT molecular complexity index is 856. The van der Waals surface area contributed by atoms with Gasteiger partial charge in [-0.25, -0.2) is 13.8 Å². The van der Waals surface area contributed by atoms with Crippen molar-refractivity contribution < 1.29 is 8.78 Å². The Labute approximate surface area is 113 Å². The molecule has 0 saturated heterocycles. The lowest BCUT2D eigenvalue weighted by Gasteiger charge is -2.00. The molecule has 0 spiro atoms. The minimum absolute atomic E-state index is 0.123. The van der Waals surface area contributed by atoms with Gasteiger partial charge in [0, 0.05) is 11.8 Å². The first kappa shape index (κ1) is 12.2. The smallest absolute Gasteiger partial charge is 0.164 e. The summed E-state index contributed by atoms with van der Waals surface area (Å²) in [6.07, 6.45) is 5.11. The molecule has 5 heteroatoms. The molecule has 1 aromatic carbocycles. The van der Waals surface area contributed by atoms with Gasteiger partial charge in [0.2, 0.25) is 0 Å². The zero-order chi connectivity index (χ0) is 14.1. The number of anilines is 1. The van der Waals surface area contributed by atoms with E-state index in [2.05, 4.69) is 16.8 Å². The summed E-state index contributed by atoms with van der Waals surface area (Å²) < 4.78 is 29.0. The van der Waals surface area contributed by atoms with Crippen molar-refractivity contribution in [3.63, 3.8) is 0 Å². The number of pyridine rings is 1. The van der Waals surface area contributed by atoms with Gasteiger partial charge in [-0.3, -0.25) is 0 Å². The number of benzene rings is 1. The molecule has 2 N–H and O–H groups in total. The van der Waals surface area contributed by atoms with Crippen molar-refractivity contribution in [1.29, 1.82) is 0 Å². The Morgan fingerprint density at radius 2 is 2.00 bits per heavy atom. The molecular weight excluding hydrogens is 260 g/mol. The van der Waals surface area contributed by atoms with Crippen LogP contribution in [0.1, 0.15) is 11.1 Å². The second-order valence-electron chi connectivity index (χ2n) is 4.22. The maximum Gasteiger partial charge on any atom is 0.164 e. The molecule has 0 atom stereocenters. The van der Waals surface area contributed by atoms with E-state index in [1.54, 1.807) is 30.9 Å². The predicted octanol–water partition coefficient (Wildman–Crippen LogP) is 2.59. The van der Waals surface area contributed by atoms with E-state index in [4.69, 9.17) is 5.73 Å². The Kier molecular flexibility index (Phi) is 2.84. The van der Waals surface area contributed by atoms with Crippen molar-refractivity contribution in [2.75, 3.05) is 5.73 Å². The van der Waals surface area contributed by atoms with E-state index in [1.165, 1.54) is 6.07 Å². The molecule has 98 valence electrons. The highest BCUT2D eigenvalue weighted by Crippen LogP contribution is 2.17. The van der Waals surface area contributed by atoms with Crippen LogP contribution in [0.25, 0.3) is 5.52 Å². The largest absolute Gasteiger partial charge is 0.396 e. The third-order valence-corrected chi connectivity index (χ3v) is 2.87. The van der Waals surface area contributed by atoms with Crippen molar-refractivity contribution in [3.05, 3.63) is 65.7 Å². The Morgan fingerprint density at radius 3 is 2.85 bits per heavy atom. The summed E-state index contributed by atoms with van der Waals surface area (Å²) in [6, 6.07) is 5.79. The van der Waals surface area contributed by atoms with Crippen LogP contribution in [0.3, 0.4) is 0 Å². The van der Waals surface area contributed by atoms with Crippen LogP contribution in [0.4, 0.5) is 14.5 Å². The van der Waals surface area contributed by atoms with E-state index < -0.39 is 11.6 Å². The van der Waals surface area contributed by atoms with Gasteiger partial charge in [-0.2, -0.15) is 0 Å². The molecular formula is C15H9F2N3. The van der Waals surface area contributed by atoms with Crippen molar-refractivity contribution >= 4 is 11.2 Å². The third-order valence-electron chi connectivity index (χ3n) is 2.87. The Morgan fingerprint density at radius 1 is 1.15 bits per heavy atom. The van der Waals surface area contributed by atoms with Gasteiger partial charge in [-0.1, -0.05) is 11.8 Å². The monoisotopic (exact) mass is 269 g/mol. The molecule has 0 radical (unpaired) electrons. The highest BCUT2D eigenvalue weighted by molar-refractivity contribution is 5.55. The van der Waals surface area contributed by atoms with Crippen LogP contribution in [0.5, 0.6) is 0 Å². The molecule has 2 aromatic heterocycles. The average molecular weight is 269 g/mol. The van der Waals surface area contributed by atoms with Gasteiger partial charge in [-0.05, 0) is 24.3 Å². The Balaban J connectivity index is 2.05. The lowest BCUT2D eigenvalue weighted by atomic mass is 10.1. The molecule has 0 fully saturated rings. The summed E-state index contributed by atoms with van der Waals surface area (Å²) in [5.41, 5.74) is 6.44. The maximum atomic E-state index is 13.7. The van der Waals surface area contributed by atoms with Gasteiger partial charge in [0.15, 0.2) is 5.82 Å². The van der Waals surface area contributed by atoms with Crippen LogP contribution in [0.15, 0.2) is 43.0 Å². The van der Waals surface area contributed by atoms with E-state index in [0.717, 1.165) is 11.6 Å². The lowest BCUT2D eigenvalue weighted by Crippen LogP contribution is -1.97. The van der Waals surface area contributed by atoms with Crippen molar-refractivity contribution in [2.24, 2.45) is 0 Å². The van der Waals surface area contributed by atoms with Crippen molar-refractivity contribution in [3.8, 4) is 11.8 Å². The number of hydrogen-bond donors (Lipinski definition) is 1. The van der Waals surface area contributed by atoms with Crippen LogP contribution >= 0.6 is 0 Å². The van der Waals surface area contributed by atoms with Gasteiger partial charge >= 0.3 is 0 Å². The fourth-order valence-corrected chi connectivity index (χ4v) is 1.81. The molecule has 0 aliphatic heterocycles. The number of hydrogen-bond acceptors (Lipinski definition) is 2. The normalized spacial score (nSPS) is 10.3. The number of nitrogen functional groups attached to an aromatic ring is 1. The summed E-state index contributed by atoms with van der Waals surface area (Å²) in [4.78, 5) is 3.98. The minimum atomic E-state index is -0.831. The molecule has 3 aromatic rings. The van der Waals surface area contributed by atoms with Gasteiger partial charge < -0.3 is 10.1 Å². The first-order chi connectivity index (χ1) is 9.65. The zero-order valence-electron chi connectivity index (χ0n) is 10.3. The summed E-state index contributed by atoms with van der Waals surface area (Å²) in [5.74, 6) is 3.65. The SMILES string of the molecule is Nc1ccc(F)c(C#Cc2ccn3cncc3c2)c1F. The highest BCUT2D eigenvalue weighted by atomic mass is 19.1. The third kappa shape index (κ3) is 2.08. The molecule has 0 aliphatic carbocycles. The molecule has 3 rings (SSSR count).